The summed E-state index contributed by atoms with van der Waals surface area (Å²) in [5.74, 6) is -11.3. The Hall–Kier alpha value is -7.09. The van der Waals surface area contributed by atoms with Gasteiger partial charge in [-0.25, -0.2) is 9.59 Å². The number of nitrogens with zero attached hydrogens (tertiary/aromatic N) is 2. The molecule has 133 heavy (non-hydrogen) atoms. The first-order valence-electron chi connectivity index (χ1n) is 49.3. The van der Waals surface area contributed by atoms with E-state index in [1.165, 1.54) is 19.1 Å². The number of esters is 2. The molecule has 4 saturated heterocycles. The fraction of sp³-hybridized carbons (Fsp3) is 0.726. The molecule has 2 saturated carbocycles. The molecule has 27 nitrogen and oxygen atoms in total. The van der Waals surface area contributed by atoms with E-state index in [-0.39, 0.29) is 133 Å². The van der Waals surface area contributed by atoms with Crippen molar-refractivity contribution in [1.82, 2.24) is 9.80 Å². The second-order valence-electron chi connectivity index (χ2n) is 40.3. The number of ether oxygens (including phenoxy) is 10. The average molecular weight is 1860 g/mol. The van der Waals surface area contributed by atoms with E-state index in [1.807, 2.05) is 129 Å². The van der Waals surface area contributed by atoms with E-state index in [4.69, 9.17) is 51.8 Å². The number of aliphatic hydroxyl groups excluding tert-OH is 4. The molecule has 0 radical (unpaired) electrons. The van der Waals surface area contributed by atoms with Crippen molar-refractivity contribution in [3.05, 3.63) is 119 Å². The van der Waals surface area contributed by atoms with Crippen molar-refractivity contribution in [2.75, 3.05) is 55.7 Å². The maximum absolute atomic E-state index is 14.5. The molecule has 0 spiro atoms. The number of methoxy groups -OCH3 is 6. The summed E-state index contributed by atoms with van der Waals surface area (Å²) in [5.41, 5.74) is 2.77. The van der Waals surface area contributed by atoms with Crippen LogP contribution in [0.1, 0.15) is 269 Å². The zero-order chi connectivity index (χ0) is 97.9. The second kappa shape index (κ2) is 53.2. The third-order valence-corrected chi connectivity index (χ3v) is 30.0. The van der Waals surface area contributed by atoms with Crippen molar-refractivity contribution in [1.29, 1.82) is 0 Å². The van der Waals surface area contributed by atoms with Crippen LogP contribution in [0.5, 0.6) is 0 Å². The van der Waals surface area contributed by atoms with Crippen LogP contribution in [0.3, 0.4) is 0 Å². The molecule has 4 bridgehead atoms. The Morgan fingerprint density at radius 2 is 0.955 bits per heavy atom. The van der Waals surface area contributed by atoms with Crippen molar-refractivity contribution < 1.29 is 120 Å². The van der Waals surface area contributed by atoms with Gasteiger partial charge in [-0.15, -0.1) is 0 Å². The fourth-order valence-electron chi connectivity index (χ4n) is 21.2. The SMILES string of the molecule is CO[C@H]1C(=O)C(C)CC(C)/C=C/C=C/C=C(\C)C(c2ccco2)C[C@@H]2CC[C@@H](C)[C@@](O)(O2)C(=O)C(=O)N2CCCCC2C(=O)OC([C@H](C)CC2CC[C@@H](O)[C@H](OC)C2)CC(=O)[C@H](C)/C=C(\C)C1O.CO[C@H]1C[C@@H]2CC[C@@H](C)[C@](OC)(CC(=O)N3CCCCC3C(=O)OC([C@H](C)CC3CC[C@@H](O)[C@H](OC)C3)CC(=O)[C@H](C)/C=C(\C)C(O)[C@@H](OC)C(=O)C(C)CC(C)/C=C/C=CC=C1C)O2. The predicted molar refractivity (Wildman–Crippen MR) is 505 cm³/mol. The predicted octanol–water partition coefficient (Wildman–Crippen LogP) is 15.2. The molecule has 27 heteroatoms. The third kappa shape index (κ3) is 30.7. The number of rotatable bonds is 13. The van der Waals surface area contributed by atoms with E-state index in [1.54, 1.807) is 92.4 Å². The number of fused-ring (bicyclic) bond motifs is 6. The molecule has 30 atom stereocenters. The van der Waals surface area contributed by atoms with Crippen LogP contribution in [0.15, 0.2) is 118 Å². The van der Waals surface area contributed by atoms with Crippen LogP contribution in [0.2, 0.25) is 0 Å². The Bertz CT molecular complexity index is 4200. The van der Waals surface area contributed by atoms with Gasteiger partial charge in [-0.2, -0.15) is 0 Å². The Kier molecular flexibility index (Phi) is 44.5. The number of amides is 2. The quantitative estimate of drug-likeness (QED) is 0.0695. The van der Waals surface area contributed by atoms with Gasteiger partial charge in [0, 0.05) is 116 Å². The monoisotopic (exact) mass is 1860 g/mol. The standard InChI is InChI=1S/C54H79NO13.C52H83NO12/c1-32-16-11-10-12-17-33(2)41(45-19-15-25-66-45)30-40-22-20-38(7)54(63,68-40)51(60)52(61)55-24-14-13-18-42(55)53(62)67-46(35(4)28-39-21-23-43(56)47(29-39)64-8)31-44(57)34(3)27-37(6)49(59)50(65-9)48(58)36(5)26-32;1-32-17-13-12-14-18-33(2)44(60-8)29-40-22-20-38(7)52(63-11,65-40)31-47(56)53-24-16-15-19-41(53)51(59)64-45(35(4)27-39-21-23-42(54)46(28-39)61-9)30-43(55)34(3)26-37(6)49(58)50(62-10)48(57)36(5)25-32/h10-12,15-17,19,25,27,32,34-36,38-43,46-47,49-50,56,59,63H,13-14,18,20-24,26,28-31H2,1-9H3;12-14,17-18,26,32,34-36,38-42,44-46,49-50,54,58H,15-16,19-25,27-31H2,1-11H3/b12-10+,16-11+,33-17+,37-27+;14-12?,17-13+,33-18?,37-26+/t32?,34-,35-,36?,38-,39?,40+,41?,42?,43-,46?,47-,49?,50+,54-;32?,34-,35-,36?,38-,39?,40+,41?,42-,44+,45?,46-,49?,50+,52+/m11/s1. The summed E-state index contributed by atoms with van der Waals surface area (Å²) in [6.07, 6.45) is 27.4. The Labute approximate surface area is 791 Å². The van der Waals surface area contributed by atoms with Gasteiger partial charge in [-0.3, -0.25) is 33.6 Å². The average Bonchev–Trinajstić information content (AvgIpc) is 1.12. The molecule has 8 aliphatic rings. The highest BCUT2D eigenvalue weighted by atomic mass is 16.7. The number of hydrogen-bond donors (Lipinski definition) is 5. The molecule has 13 unspecified atom stereocenters. The highest BCUT2D eigenvalue weighted by Crippen LogP contribution is 2.44. The summed E-state index contributed by atoms with van der Waals surface area (Å²) in [7, 11) is 9.21. The number of piperidine rings is 2. The first-order valence-corrected chi connectivity index (χ1v) is 49.3. The molecule has 5 N–H and O–H groups in total. The second-order valence-corrected chi connectivity index (χ2v) is 40.3. The van der Waals surface area contributed by atoms with Crippen LogP contribution in [-0.4, -0.2) is 247 Å². The largest absolute Gasteiger partial charge is 0.469 e. The summed E-state index contributed by atoms with van der Waals surface area (Å²) in [4.78, 5) is 131. The van der Waals surface area contributed by atoms with Crippen molar-refractivity contribution in [2.45, 2.75) is 366 Å². The number of hydrogen-bond acceptors (Lipinski definition) is 25. The van der Waals surface area contributed by atoms with Crippen molar-refractivity contribution in [3.63, 3.8) is 0 Å². The van der Waals surface area contributed by atoms with E-state index in [0.717, 1.165) is 49.7 Å². The van der Waals surface area contributed by atoms with Gasteiger partial charge in [0.05, 0.1) is 55.4 Å². The lowest BCUT2D eigenvalue weighted by atomic mass is 9.78. The lowest BCUT2D eigenvalue weighted by Gasteiger charge is -2.46. The molecular weight excluding hydrogens is 1700 g/mol. The van der Waals surface area contributed by atoms with Crippen molar-refractivity contribution in [3.8, 4) is 0 Å². The number of aliphatic hydroxyl groups is 5. The van der Waals surface area contributed by atoms with Crippen LogP contribution >= 0.6 is 0 Å². The van der Waals surface area contributed by atoms with Gasteiger partial charge in [0.25, 0.3) is 11.7 Å². The van der Waals surface area contributed by atoms with Gasteiger partial charge in [-0.05, 0) is 227 Å². The van der Waals surface area contributed by atoms with E-state index in [9.17, 15) is 68.7 Å². The van der Waals surface area contributed by atoms with Gasteiger partial charge in [0.2, 0.25) is 11.7 Å². The summed E-state index contributed by atoms with van der Waals surface area (Å²) < 4.78 is 66.0. The maximum atomic E-state index is 14.5. The summed E-state index contributed by atoms with van der Waals surface area (Å²) in [6.45, 7) is 26.5. The molecule has 7 heterocycles. The number of Topliss-reactive ketones (excluding diaryl/α,β-unsaturated/α-hetero) is 5. The minimum Gasteiger partial charge on any atom is -0.469 e. The zero-order valence-electron chi connectivity index (χ0n) is 83.2. The molecule has 6 aliphatic heterocycles. The number of allylic oxidation sites excluding steroid dienone is 13. The molecule has 1 aromatic rings. The highest BCUT2D eigenvalue weighted by Gasteiger charge is 2.55. The van der Waals surface area contributed by atoms with Crippen LogP contribution < -0.4 is 0 Å². The van der Waals surface area contributed by atoms with Crippen LogP contribution in [0.4, 0.5) is 0 Å². The van der Waals surface area contributed by atoms with Crippen LogP contribution in [-0.2, 0) is 90.5 Å². The van der Waals surface area contributed by atoms with E-state index in [0.29, 0.717) is 120 Å². The lowest BCUT2D eigenvalue weighted by molar-refractivity contribution is -0.297. The normalized spacial score (nSPS) is 39.1. The summed E-state index contributed by atoms with van der Waals surface area (Å²) in [5, 5.41) is 56.0. The van der Waals surface area contributed by atoms with Crippen molar-refractivity contribution >= 4 is 52.7 Å². The van der Waals surface area contributed by atoms with E-state index in [2.05, 4.69) is 0 Å². The lowest BCUT2D eigenvalue weighted by Crippen LogP contribution is -2.60. The topological polar surface area (TPSA) is 367 Å². The maximum Gasteiger partial charge on any atom is 0.329 e. The number of ketones is 5. The summed E-state index contributed by atoms with van der Waals surface area (Å²) >= 11 is 0. The highest BCUT2D eigenvalue weighted by molar-refractivity contribution is 6.39. The summed E-state index contributed by atoms with van der Waals surface area (Å²) in [6, 6.07) is 1.67. The van der Waals surface area contributed by atoms with Crippen LogP contribution in [0, 0.1) is 71.0 Å². The van der Waals surface area contributed by atoms with Gasteiger partial charge < -0.3 is 87.1 Å². The molecule has 0 aromatic carbocycles. The number of carbonyl (C=O) groups excluding carboxylic acids is 9. The van der Waals surface area contributed by atoms with Gasteiger partial charge in [0.1, 0.15) is 66.0 Å². The molecule has 6 fully saturated rings. The first kappa shape index (κ1) is 111. The van der Waals surface area contributed by atoms with Gasteiger partial charge in [-0.1, -0.05) is 148 Å². The molecule has 9 rings (SSSR count). The third-order valence-electron chi connectivity index (χ3n) is 30.0. The smallest absolute Gasteiger partial charge is 0.329 e. The van der Waals surface area contributed by atoms with E-state index < -0.39 is 132 Å². The number of carbonyl (C=O) groups is 9. The molecule has 2 amide bonds. The number of cyclic esters (lactones) is 2. The number of furan rings is 1. The van der Waals surface area contributed by atoms with Crippen LogP contribution in [0.25, 0.3) is 0 Å². The Morgan fingerprint density at radius 3 is 1.41 bits per heavy atom. The first-order chi connectivity index (χ1) is 63.2. The molecular formula is C106H162N2O25. The minimum absolute atomic E-state index is 0.00926. The Morgan fingerprint density at radius 1 is 0.489 bits per heavy atom. The minimum atomic E-state index is -2.45. The fourth-order valence-corrected chi connectivity index (χ4v) is 21.2. The molecule has 1 aromatic heterocycles. The van der Waals surface area contributed by atoms with Gasteiger partial charge in [0.15, 0.2) is 17.4 Å². The van der Waals surface area contributed by atoms with E-state index >= 15 is 0 Å². The van der Waals surface area contributed by atoms with Gasteiger partial charge >= 0.3 is 11.9 Å². The molecule has 746 valence electrons. The van der Waals surface area contributed by atoms with Crippen molar-refractivity contribution in [2.24, 2.45) is 71.0 Å². The molecule has 2 aliphatic carbocycles. The Balaban J connectivity index is 0.000000328. The zero-order valence-corrected chi connectivity index (χ0v) is 83.2.